The van der Waals surface area contributed by atoms with Crippen molar-refractivity contribution < 1.29 is 27.4 Å². The molecule has 248 valence electrons. The fourth-order valence-corrected chi connectivity index (χ4v) is 5.87. The van der Waals surface area contributed by atoms with Crippen molar-refractivity contribution in [3.63, 3.8) is 0 Å². The molecule has 0 spiro atoms. The summed E-state index contributed by atoms with van der Waals surface area (Å²) in [4.78, 5) is 11.2. The number of hydrogen-bond acceptors (Lipinski definition) is 12. The van der Waals surface area contributed by atoms with Gasteiger partial charge in [0.05, 0.1) is 37.6 Å². The van der Waals surface area contributed by atoms with E-state index in [2.05, 4.69) is 46.9 Å². The molecule has 4 aromatic rings. The third-order valence-corrected chi connectivity index (χ3v) is 8.17. The SMILES string of the molecule is C[C@@H](Cn1cnnn1)Oc1cc(-c2cnc(Nc3cn([C@H]4CC[C@@H](N5CCOCC5)CC4)nc3OCC(F)(F)F)nc2)ccc1C#N. The van der Waals surface area contributed by atoms with Crippen LogP contribution in [0.15, 0.2) is 43.1 Å². The highest BCUT2D eigenvalue weighted by Crippen LogP contribution is 2.35. The zero-order valence-electron chi connectivity index (χ0n) is 25.7. The van der Waals surface area contributed by atoms with E-state index in [-0.39, 0.29) is 29.7 Å². The van der Waals surface area contributed by atoms with Gasteiger partial charge in [-0.25, -0.2) is 14.6 Å². The summed E-state index contributed by atoms with van der Waals surface area (Å²) in [6, 6.07) is 7.75. The van der Waals surface area contributed by atoms with Gasteiger partial charge < -0.3 is 19.5 Å². The summed E-state index contributed by atoms with van der Waals surface area (Å²) in [6.45, 7) is 4.06. The van der Waals surface area contributed by atoms with E-state index in [9.17, 15) is 18.4 Å². The van der Waals surface area contributed by atoms with Crippen molar-refractivity contribution in [2.24, 2.45) is 0 Å². The van der Waals surface area contributed by atoms with Crippen molar-refractivity contribution in [2.45, 2.75) is 63.5 Å². The Hall–Kier alpha value is -4.82. The van der Waals surface area contributed by atoms with Gasteiger partial charge in [-0.15, -0.1) is 10.2 Å². The summed E-state index contributed by atoms with van der Waals surface area (Å²) in [5.41, 5.74) is 1.94. The highest BCUT2D eigenvalue weighted by molar-refractivity contribution is 5.67. The number of nitriles is 1. The number of hydrogen-bond donors (Lipinski definition) is 1. The summed E-state index contributed by atoms with van der Waals surface area (Å²) in [5.74, 6) is 0.363. The van der Waals surface area contributed by atoms with Crippen LogP contribution in [0, 0.1) is 11.3 Å². The Balaban J connectivity index is 1.15. The topological polar surface area (TPSA) is 154 Å². The first-order valence-corrected chi connectivity index (χ1v) is 15.4. The van der Waals surface area contributed by atoms with E-state index in [1.165, 1.54) is 11.0 Å². The van der Waals surface area contributed by atoms with Gasteiger partial charge in [0.1, 0.15) is 29.9 Å². The van der Waals surface area contributed by atoms with Gasteiger partial charge in [-0.2, -0.15) is 18.4 Å². The summed E-state index contributed by atoms with van der Waals surface area (Å²) in [6.07, 6.45) is 5.04. The molecule has 1 saturated heterocycles. The maximum absolute atomic E-state index is 13.1. The van der Waals surface area contributed by atoms with E-state index in [0.717, 1.165) is 52.0 Å². The van der Waals surface area contributed by atoms with Gasteiger partial charge in [-0.1, -0.05) is 6.07 Å². The molecule has 0 amide bonds. The molecule has 2 fully saturated rings. The van der Waals surface area contributed by atoms with E-state index >= 15 is 0 Å². The number of morpholine rings is 1. The van der Waals surface area contributed by atoms with Crippen molar-refractivity contribution in [2.75, 3.05) is 38.2 Å². The van der Waals surface area contributed by atoms with Crippen LogP contribution in [-0.2, 0) is 11.3 Å². The lowest BCUT2D eigenvalue weighted by Crippen LogP contribution is -2.45. The molecule has 1 aliphatic carbocycles. The van der Waals surface area contributed by atoms with Crippen LogP contribution >= 0.6 is 0 Å². The van der Waals surface area contributed by atoms with Crippen LogP contribution in [0.25, 0.3) is 11.1 Å². The molecule has 3 aromatic heterocycles. The second-order valence-corrected chi connectivity index (χ2v) is 11.5. The Morgan fingerprint density at radius 1 is 1.09 bits per heavy atom. The Bertz CT molecular complexity index is 1640. The van der Waals surface area contributed by atoms with Gasteiger partial charge >= 0.3 is 6.18 Å². The monoisotopic (exact) mass is 653 g/mol. The summed E-state index contributed by atoms with van der Waals surface area (Å²) >= 11 is 0. The molecule has 1 aliphatic heterocycles. The first-order valence-electron chi connectivity index (χ1n) is 15.4. The molecule has 1 atom stereocenters. The number of ether oxygens (including phenoxy) is 3. The molecule has 47 heavy (non-hydrogen) atoms. The lowest BCUT2D eigenvalue weighted by molar-refractivity contribution is -0.154. The van der Waals surface area contributed by atoms with Crippen molar-refractivity contribution in [1.82, 2.24) is 44.9 Å². The quantitative estimate of drug-likeness (QED) is 0.247. The maximum Gasteiger partial charge on any atom is 0.422 e. The molecule has 0 unspecified atom stereocenters. The first-order chi connectivity index (χ1) is 22.7. The van der Waals surface area contributed by atoms with Crippen LogP contribution in [0.3, 0.4) is 0 Å². The number of alkyl halides is 3. The molecule has 6 rings (SSSR count). The number of benzene rings is 1. The molecular weight excluding hydrogens is 619 g/mol. The average Bonchev–Trinajstić information content (AvgIpc) is 3.74. The molecule has 0 bridgehead atoms. The Kier molecular flexibility index (Phi) is 9.78. The number of tetrazole rings is 1. The number of nitrogens with one attached hydrogen (secondary N) is 1. The second-order valence-electron chi connectivity index (χ2n) is 11.5. The zero-order chi connectivity index (χ0) is 32.8. The number of aromatic nitrogens is 8. The van der Waals surface area contributed by atoms with E-state index in [1.807, 2.05) is 6.92 Å². The summed E-state index contributed by atoms with van der Waals surface area (Å²) in [7, 11) is 0. The van der Waals surface area contributed by atoms with Gasteiger partial charge in [0.2, 0.25) is 5.95 Å². The molecule has 14 nitrogen and oxygen atoms in total. The maximum atomic E-state index is 13.1. The molecule has 1 aromatic carbocycles. The minimum absolute atomic E-state index is 0.0303. The normalized spacial score (nSPS) is 19.6. The van der Waals surface area contributed by atoms with E-state index in [4.69, 9.17) is 14.2 Å². The van der Waals surface area contributed by atoms with Gasteiger partial charge in [-0.05, 0) is 60.7 Å². The lowest BCUT2D eigenvalue weighted by Gasteiger charge is -2.38. The largest absolute Gasteiger partial charge is 0.487 e. The molecule has 4 heterocycles. The van der Waals surface area contributed by atoms with Gasteiger partial charge in [0.15, 0.2) is 6.61 Å². The third kappa shape index (κ3) is 8.32. The highest BCUT2D eigenvalue weighted by atomic mass is 19.4. The van der Waals surface area contributed by atoms with E-state index in [1.54, 1.807) is 41.5 Å². The predicted molar refractivity (Wildman–Crippen MR) is 161 cm³/mol. The lowest BCUT2D eigenvalue weighted by atomic mass is 9.90. The van der Waals surface area contributed by atoms with Crippen LogP contribution in [0.5, 0.6) is 11.6 Å². The van der Waals surface area contributed by atoms with Crippen LogP contribution in [0.2, 0.25) is 0 Å². The van der Waals surface area contributed by atoms with Crippen LogP contribution in [-0.4, -0.2) is 96.1 Å². The van der Waals surface area contributed by atoms with E-state index < -0.39 is 12.8 Å². The molecular formula is C30H34F3N11O3. The Morgan fingerprint density at radius 2 is 1.83 bits per heavy atom. The number of rotatable bonds is 11. The van der Waals surface area contributed by atoms with Gasteiger partial charge in [0.25, 0.3) is 5.88 Å². The molecule has 17 heteroatoms. The minimum Gasteiger partial charge on any atom is -0.487 e. The Labute approximate surface area is 268 Å². The molecule has 0 radical (unpaired) electrons. The number of halogens is 3. The van der Waals surface area contributed by atoms with Crippen LogP contribution in [0.1, 0.15) is 44.2 Å². The fourth-order valence-electron chi connectivity index (χ4n) is 5.87. The summed E-state index contributed by atoms with van der Waals surface area (Å²) in [5, 5.41) is 28.0. The number of nitrogens with zero attached hydrogens (tertiary/aromatic N) is 10. The summed E-state index contributed by atoms with van der Waals surface area (Å²) < 4.78 is 59.0. The standard InChI is InChI=1S/C30H34F3N11O3/c1-20(16-43-19-37-40-41-43)47-27-12-21(2-3-22(27)13-34)23-14-35-29(36-15-23)38-26-17-44(39-28(26)46-18-30(31,32)33)25-6-4-24(5-7-25)42-8-10-45-11-9-42/h2-3,12,14-15,17,19-20,24-25H,4-11,16,18H2,1H3,(H,35,36,38)/t20-,24-,25+/m0/s1. The van der Waals surface area contributed by atoms with Gasteiger partial charge in [0, 0.05) is 37.1 Å². The Morgan fingerprint density at radius 3 is 2.51 bits per heavy atom. The van der Waals surface area contributed by atoms with Crippen molar-refractivity contribution in [3.8, 4) is 28.8 Å². The fraction of sp³-hybridized carbons (Fsp3) is 0.500. The number of anilines is 2. The van der Waals surface area contributed by atoms with Crippen LogP contribution < -0.4 is 14.8 Å². The highest BCUT2D eigenvalue weighted by Gasteiger charge is 2.32. The smallest absolute Gasteiger partial charge is 0.422 e. The van der Waals surface area contributed by atoms with Crippen LogP contribution in [0.4, 0.5) is 24.8 Å². The van der Waals surface area contributed by atoms with E-state index in [0.29, 0.717) is 35.0 Å². The van der Waals surface area contributed by atoms with Crippen molar-refractivity contribution in [3.05, 3.63) is 48.7 Å². The average molecular weight is 654 g/mol. The molecule has 2 aliphatic rings. The third-order valence-electron chi connectivity index (χ3n) is 8.17. The molecule has 1 saturated carbocycles. The van der Waals surface area contributed by atoms with Gasteiger partial charge in [-0.3, -0.25) is 9.58 Å². The van der Waals surface area contributed by atoms with Crippen molar-refractivity contribution >= 4 is 11.6 Å². The minimum atomic E-state index is -4.52. The predicted octanol–water partition coefficient (Wildman–Crippen LogP) is 4.17. The first kappa shape index (κ1) is 32.1. The zero-order valence-corrected chi connectivity index (χ0v) is 25.7. The van der Waals surface area contributed by atoms with Crippen molar-refractivity contribution in [1.29, 1.82) is 5.26 Å². The second kappa shape index (κ2) is 14.3. The molecule has 1 N–H and O–H groups in total.